The van der Waals surface area contributed by atoms with E-state index < -0.39 is 0 Å². The lowest BCUT2D eigenvalue weighted by atomic mass is 10.2. The number of carbonyl (C=O) groups excluding carboxylic acids is 1. The van der Waals surface area contributed by atoms with E-state index in [-0.39, 0.29) is 30.5 Å². The molecule has 130 valence electrons. The van der Waals surface area contributed by atoms with E-state index in [0.717, 1.165) is 30.6 Å². The average molecular weight is 343 g/mol. The number of halogens is 1. The molecule has 1 fully saturated rings. The first-order valence-electron chi connectivity index (χ1n) is 7.90. The minimum Gasteiger partial charge on any atom is -0.493 e. The molecule has 2 atom stereocenters. The van der Waals surface area contributed by atoms with Crippen molar-refractivity contribution in [3.05, 3.63) is 29.8 Å². The highest BCUT2D eigenvalue weighted by atomic mass is 35.5. The molecule has 0 saturated carbocycles. The van der Waals surface area contributed by atoms with Crippen LogP contribution in [0.3, 0.4) is 0 Å². The van der Waals surface area contributed by atoms with Crippen LogP contribution in [0.15, 0.2) is 24.3 Å². The summed E-state index contributed by atoms with van der Waals surface area (Å²) in [6.07, 6.45) is 2.15. The number of carbonyl (C=O) groups is 1. The first-order chi connectivity index (χ1) is 10.6. The summed E-state index contributed by atoms with van der Waals surface area (Å²) in [5.41, 5.74) is 6.70. The second-order valence-corrected chi connectivity index (χ2v) is 5.79. The number of para-hydroxylation sites is 1. The Kier molecular flexibility index (Phi) is 8.37. The number of benzene rings is 1. The standard InChI is InChI=1S/C17H26N2O3.ClH/c1-13-6-3-4-7-15(13)21-11-5-10-19(2)17(20)16-9-8-14(12-18)22-16;/h3-4,6-7,14,16H,5,8-12,18H2,1-2H3;1H/t14-,16+;/m1./s1. The number of rotatable bonds is 7. The van der Waals surface area contributed by atoms with Crippen molar-refractivity contribution in [2.75, 3.05) is 26.7 Å². The van der Waals surface area contributed by atoms with Gasteiger partial charge in [0.05, 0.1) is 12.7 Å². The fraction of sp³-hybridized carbons (Fsp3) is 0.588. The largest absolute Gasteiger partial charge is 0.493 e. The molecule has 0 spiro atoms. The van der Waals surface area contributed by atoms with Crippen LogP contribution in [0, 0.1) is 6.92 Å². The Labute approximate surface area is 144 Å². The van der Waals surface area contributed by atoms with E-state index in [2.05, 4.69) is 0 Å². The Balaban J connectivity index is 0.00000264. The molecular weight excluding hydrogens is 316 g/mol. The van der Waals surface area contributed by atoms with Gasteiger partial charge in [-0.3, -0.25) is 4.79 Å². The molecule has 2 N–H and O–H groups in total. The maximum Gasteiger partial charge on any atom is 0.251 e. The van der Waals surface area contributed by atoms with Crippen molar-refractivity contribution in [3.8, 4) is 5.75 Å². The molecule has 0 bridgehead atoms. The van der Waals surface area contributed by atoms with E-state index in [1.165, 1.54) is 0 Å². The number of ether oxygens (including phenoxy) is 2. The summed E-state index contributed by atoms with van der Waals surface area (Å²) in [5, 5.41) is 0. The van der Waals surface area contributed by atoms with Crippen molar-refractivity contribution in [2.24, 2.45) is 5.73 Å². The van der Waals surface area contributed by atoms with Gasteiger partial charge in [0, 0.05) is 20.1 Å². The van der Waals surface area contributed by atoms with Crippen LogP contribution in [0.5, 0.6) is 5.75 Å². The zero-order valence-corrected chi connectivity index (χ0v) is 14.7. The molecule has 6 heteroatoms. The van der Waals surface area contributed by atoms with E-state index in [4.69, 9.17) is 15.2 Å². The minimum atomic E-state index is -0.323. The highest BCUT2D eigenvalue weighted by molar-refractivity contribution is 5.85. The molecule has 1 aliphatic rings. The predicted octanol–water partition coefficient (Wildman–Crippen LogP) is 2.15. The van der Waals surface area contributed by atoms with Gasteiger partial charge in [-0.1, -0.05) is 18.2 Å². The third-order valence-corrected chi connectivity index (χ3v) is 4.01. The summed E-state index contributed by atoms with van der Waals surface area (Å²) in [7, 11) is 1.81. The van der Waals surface area contributed by atoms with Gasteiger partial charge < -0.3 is 20.1 Å². The number of aryl methyl sites for hydroxylation is 1. The monoisotopic (exact) mass is 342 g/mol. The molecule has 23 heavy (non-hydrogen) atoms. The first kappa shape index (κ1) is 19.7. The van der Waals surface area contributed by atoms with E-state index >= 15 is 0 Å². The summed E-state index contributed by atoms with van der Waals surface area (Å²) in [4.78, 5) is 14.0. The molecule has 5 nitrogen and oxygen atoms in total. The van der Waals surface area contributed by atoms with Crippen LogP contribution in [-0.2, 0) is 9.53 Å². The molecule has 0 aromatic heterocycles. The van der Waals surface area contributed by atoms with Gasteiger partial charge in [-0.25, -0.2) is 0 Å². The zero-order valence-electron chi connectivity index (χ0n) is 13.9. The number of nitrogens with two attached hydrogens (primary N) is 1. The molecule has 0 unspecified atom stereocenters. The molecule has 1 aliphatic heterocycles. The quantitative estimate of drug-likeness (QED) is 0.771. The maximum absolute atomic E-state index is 12.2. The fourth-order valence-corrected chi connectivity index (χ4v) is 2.62. The predicted molar refractivity (Wildman–Crippen MR) is 93.1 cm³/mol. The molecule has 1 heterocycles. The van der Waals surface area contributed by atoms with Crippen LogP contribution >= 0.6 is 12.4 Å². The summed E-state index contributed by atoms with van der Waals surface area (Å²) in [6, 6.07) is 7.94. The summed E-state index contributed by atoms with van der Waals surface area (Å²) >= 11 is 0. The lowest BCUT2D eigenvalue weighted by Crippen LogP contribution is -2.38. The van der Waals surface area contributed by atoms with Gasteiger partial charge in [-0.15, -0.1) is 12.4 Å². The Bertz CT molecular complexity index is 498. The SMILES string of the molecule is Cc1ccccc1OCCCN(C)C(=O)[C@@H]1CC[C@H](CN)O1.Cl. The number of hydrogen-bond acceptors (Lipinski definition) is 4. The Hall–Kier alpha value is -1.30. The van der Waals surface area contributed by atoms with E-state index in [1.807, 2.05) is 38.2 Å². The second kappa shape index (κ2) is 9.75. The van der Waals surface area contributed by atoms with Crippen molar-refractivity contribution < 1.29 is 14.3 Å². The van der Waals surface area contributed by atoms with Crippen LogP contribution in [0.2, 0.25) is 0 Å². The van der Waals surface area contributed by atoms with Gasteiger partial charge in [0.2, 0.25) is 0 Å². The molecule has 1 aromatic rings. The Morgan fingerprint density at radius 3 is 2.78 bits per heavy atom. The van der Waals surface area contributed by atoms with E-state index in [9.17, 15) is 4.79 Å². The molecule has 0 radical (unpaired) electrons. The van der Waals surface area contributed by atoms with Crippen molar-refractivity contribution in [2.45, 2.75) is 38.4 Å². The van der Waals surface area contributed by atoms with Gasteiger partial charge in [-0.05, 0) is 37.8 Å². The van der Waals surface area contributed by atoms with Gasteiger partial charge in [0.15, 0.2) is 0 Å². The number of likely N-dealkylation sites (N-methyl/N-ethyl adjacent to an activating group) is 1. The van der Waals surface area contributed by atoms with Gasteiger partial charge >= 0.3 is 0 Å². The molecule has 1 amide bonds. The van der Waals surface area contributed by atoms with Crippen LogP contribution in [0.25, 0.3) is 0 Å². The summed E-state index contributed by atoms with van der Waals surface area (Å²) in [5.74, 6) is 0.952. The minimum absolute atomic E-state index is 0. The third-order valence-electron chi connectivity index (χ3n) is 4.01. The number of hydrogen-bond donors (Lipinski definition) is 1. The smallest absolute Gasteiger partial charge is 0.251 e. The van der Waals surface area contributed by atoms with E-state index in [0.29, 0.717) is 19.7 Å². The fourth-order valence-electron chi connectivity index (χ4n) is 2.62. The van der Waals surface area contributed by atoms with Crippen LogP contribution < -0.4 is 10.5 Å². The topological polar surface area (TPSA) is 64.8 Å². The van der Waals surface area contributed by atoms with Crippen molar-refractivity contribution in [3.63, 3.8) is 0 Å². The average Bonchev–Trinajstić information content (AvgIpc) is 3.01. The van der Waals surface area contributed by atoms with Crippen molar-refractivity contribution in [1.82, 2.24) is 4.90 Å². The van der Waals surface area contributed by atoms with Crippen LogP contribution in [0.1, 0.15) is 24.8 Å². The Morgan fingerprint density at radius 2 is 2.13 bits per heavy atom. The maximum atomic E-state index is 12.2. The molecule has 2 rings (SSSR count). The molecule has 0 aliphatic carbocycles. The van der Waals surface area contributed by atoms with E-state index in [1.54, 1.807) is 4.90 Å². The lowest BCUT2D eigenvalue weighted by Gasteiger charge is -2.21. The van der Waals surface area contributed by atoms with Crippen LogP contribution in [-0.4, -0.2) is 49.8 Å². The lowest BCUT2D eigenvalue weighted by molar-refractivity contribution is -0.141. The first-order valence-corrected chi connectivity index (χ1v) is 7.90. The van der Waals surface area contributed by atoms with Crippen molar-refractivity contribution >= 4 is 18.3 Å². The van der Waals surface area contributed by atoms with Gasteiger partial charge in [0.25, 0.3) is 5.91 Å². The normalized spacial score (nSPS) is 20.0. The highest BCUT2D eigenvalue weighted by Crippen LogP contribution is 2.20. The number of amides is 1. The van der Waals surface area contributed by atoms with Crippen molar-refractivity contribution in [1.29, 1.82) is 0 Å². The summed E-state index contributed by atoms with van der Waals surface area (Å²) in [6.45, 7) is 3.77. The highest BCUT2D eigenvalue weighted by Gasteiger charge is 2.31. The third kappa shape index (κ3) is 5.68. The molecule has 1 aromatic carbocycles. The van der Waals surface area contributed by atoms with Crippen LogP contribution in [0.4, 0.5) is 0 Å². The number of nitrogens with zero attached hydrogens (tertiary/aromatic N) is 1. The zero-order chi connectivity index (χ0) is 15.9. The molecule has 1 saturated heterocycles. The second-order valence-electron chi connectivity index (χ2n) is 5.79. The Morgan fingerprint density at radius 1 is 1.39 bits per heavy atom. The van der Waals surface area contributed by atoms with Gasteiger partial charge in [-0.2, -0.15) is 0 Å². The molecular formula is C17H27ClN2O3. The van der Waals surface area contributed by atoms with Gasteiger partial charge in [0.1, 0.15) is 11.9 Å². The summed E-state index contributed by atoms with van der Waals surface area (Å²) < 4.78 is 11.4.